The SMILES string of the molecule is CCCOc1ccc(/C(O)=C2\C(=O)C(=O)N(c3nc(C)c(C(=O)OCC)s3)C2c2cccc(OC)c2OC)cc1. The third-order valence-corrected chi connectivity index (χ3v) is 7.36. The molecule has 2 aromatic carbocycles. The summed E-state index contributed by atoms with van der Waals surface area (Å²) in [5.74, 6) is -1.54. The molecule has 1 aliphatic rings. The van der Waals surface area contributed by atoms with Crippen LogP contribution in [0.4, 0.5) is 5.13 Å². The number of anilines is 1. The highest BCUT2D eigenvalue weighted by molar-refractivity contribution is 7.17. The number of carbonyl (C=O) groups excluding carboxylic acids is 3. The number of methoxy groups -OCH3 is 2. The number of nitrogens with zero attached hydrogens (tertiary/aromatic N) is 2. The second kappa shape index (κ2) is 12.2. The van der Waals surface area contributed by atoms with Gasteiger partial charge in [-0.1, -0.05) is 30.4 Å². The van der Waals surface area contributed by atoms with E-state index in [0.29, 0.717) is 34.9 Å². The average Bonchev–Trinajstić information content (AvgIpc) is 3.47. The highest BCUT2D eigenvalue weighted by Crippen LogP contribution is 2.48. The van der Waals surface area contributed by atoms with E-state index in [0.717, 1.165) is 17.8 Å². The van der Waals surface area contributed by atoms with Crippen molar-refractivity contribution in [2.45, 2.75) is 33.2 Å². The number of thiazole rings is 1. The predicted octanol–water partition coefficient (Wildman–Crippen LogP) is 5.06. The second-order valence-electron chi connectivity index (χ2n) is 8.76. The molecule has 1 unspecified atom stereocenters. The Kier molecular flexibility index (Phi) is 8.73. The minimum atomic E-state index is -1.14. The number of ketones is 1. The van der Waals surface area contributed by atoms with Gasteiger partial charge in [0.1, 0.15) is 22.4 Å². The van der Waals surface area contributed by atoms with Crippen LogP contribution in [0.25, 0.3) is 5.76 Å². The number of aromatic nitrogens is 1. The lowest BCUT2D eigenvalue weighted by molar-refractivity contribution is -0.132. The van der Waals surface area contributed by atoms with Crippen LogP contribution >= 0.6 is 11.3 Å². The van der Waals surface area contributed by atoms with Crippen molar-refractivity contribution in [3.05, 3.63) is 69.7 Å². The molecule has 1 fully saturated rings. The van der Waals surface area contributed by atoms with E-state index >= 15 is 0 Å². The molecule has 1 aliphatic heterocycles. The number of amides is 1. The van der Waals surface area contributed by atoms with Gasteiger partial charge in [-0.15, -0.1) is 0 Å². The van der Waals surface area contributed by atoms with Gasteiger partial charge in [0.05, 0.1) is 38.7 Å². The fourth-order valence-electron chi connectivity index (χ4n) is 4.41. The minimum absolute atomic E-state index is 0.0971. The van der Waals surface area contributed by atoms with Crippen LogP contribution in [0.15, 0.2) is 48.0 Å². The number of Topliss-reactive ketones (excluding diaryl/α,β-unsaturated/α-hetero) is 1. The molecule has 1 N–H and O–H groups in total. The largest absolute Gasteiger partial charge is 0.507 e. The molecule has 210 valence electrons. The lowest BCUT2D eigenvalue weighted by Crippen LogP contribution is -2.29. The molecule has 4 rings (SSSR count). The molecule has 2 heterocycles. The van der Waals surface area contributed by atoms with Gasteiger partial charge in [0.15, 0.2) is 16.6 Å². The Morgan fingerprint density at radius 2 is 1.80 bits per heavy atom. The van der Waals surface area contributed by atoms with E-state index in [2.05, 4.69) is 4.98 Å². The highest BCUT2D eigenvalue weighted by atomic mass is 32.1. The maximum absolute atomic E-state index is 13.6. The van der Waals surface area contributed by atoms with Gasteiger partial charge in [-0.3, -0.25) is 14.5 Å². The van der Waals surface area contributed by atoms with Crippen LogP contribution < -0.4 is 19.1 Å². The van der Waals surface area contributed by atoms with Crippen molar-refractivity contribution in [1.82, 2.24) is 4.98 Å². The number of aryl methyl sites for hydroxylation is 1. The molecule has 1 saturated heterocycles. The molecular formula is C29H30N2O8S. The van der Waals surface area contributed by atoms with Gasteiger partial charge < -0.3 is 24.1 Å². The van der Waals surface area contributed by atoms with Crippen molar-refractivity contribution < 1.29 is 38.4 Å². The summed E-state index contributed by atoms with van der Waals surface area (Å²) >= 11 is 0.926. The number of hydrogen-bond acceptors (Lipinski definition) is 10. The topological polar surface area (TPSA) is 124 Å². The first kappa shape index (κ1) is 28.6. The van der Waals surface area contributed by atoms with Gasteiger partial charge in [-0.25, -0.2) is 9.78 Å². The molecule has 0 spiro atoms. The Balaban J connectivity index is 1.92. The van der Waals surface area contributed by atoms with E-state index < -0.39 is 23.7 Å². The van der Waals surface area contributed by atoms with E-state index in [-0.39, 0.29) is 33.7 Å². The van der Waals surface area contributed by atoms with Crippen molar-refractivity contribution in [3.8, 4) is 17.2 Å². The molecule has 0 aliphatic carbocycles. The minimum Gasteiger partial charge on any atom is -0.507 e. The number of ether oxygens (including phenoxy) is 4. The maximum Gasteiger partial charge on any atom is 0.350 e. The molecule has 40 heavy (non-hydrogen) atoms. The zero-order valence-electron chi connectivity index (χ0n) is 22.8. The van der Waals surface area contributed by atoms with Crippen LogP contribution in [0, 0.1) is 6.92 Å². The first-order chi connectivity index (χ1) is 19.3. The quantitative estimate of drug-likeness (QED) is 0.155. The van der Waals surface area contributed by atoms with Crippen LogP contribution in [0.5, 0.6) is 17.2 Å². The second-order valence-corrected chi connectivity index (χ2v) is 9.73. The van der Waals surface area contributed by atoms with Crippen LogP contribution in [-0.2, 0) is 14.3 Å². The van der Waals surface area contributed by atoms with E-state index in [4.69, 9.17) is 18.9 Å². The molecule has 10 nitrogen and oxygen atoms in total. The average molecular weight is 567 g/mol. The van der Waals surface area contributed by atoms with E-state index in [1.807, 2.05) is 6.92 Å². The molecule has 0 radical (unpaired) electrons. The fourth-order valence-corrected chi connectivity index (χ4v) is 5.39. The summed E-state index contributed by atoms with van der Waals surface area (Å²) in [6.45, 7) is 6.00. The summed E-state index contributed by atoms with van der Waals surface area (Å²) in [6.07, 6.45) is 0.835. The Hall–Kier alpha value is -4.38. The normalized spacial score (nSPS) is 16.2. The molecule has 3 aromatic rings. The molecule has 1 aromatic heterocycles. The number of aliphatic hydroxyl groups excluding tert-OH is 1. The molecule has 11 heteroatoms. The first-order valence-electron chi connectivity index (χ1n) is 12.7. The highest BCUT2D eigenvalue weighted by Gasteiger charge is 2.49. The first-order valence-corrected chi connectivity index (χ1v) is 13.5. The van der Waals surface area contributed by atoms with Gasteiger partial charge in [0.2, 0.25) is 0 Å². The van der Waals surface area contributed by atoms with E-state index in [1.165, 1.54) is 19.1 Å². The summed E-state index contributed by atoms with van der Waals surface area (Å²) in [5, 5.41) is 11.6. The number of hydrogen-bond donors (Lipinski definition) is 1. The summed E-state index contributed by atoms with van der Waals surface area (Å²) in [7, 11) is 2.91. The van der Waals surface area contributed by atoms with Gasteiger partial charge in [-0.2, -0.15) is 0 Å². The Morgan fingerprint density at radius 1 is 1.07 bits per heavy atom. The third-order valence-electron chi connectivity index (χ3n) is 6.23. The fraction of sp³-hybridized carbons (Fsp3) is 0.310. The van der Waals surface area contributed by atoms with Crippen molar-refractivity contribution >= 4 is 39.9 Å². The van der Waals surface area contributed by atoms with Crippen molar-refractivity contribution in [2.24, 2.45) is 0 Å². The van der Waals surface area contributed by atoms with Crippen LogP contribution in [-0.4, -0.2) is 55.2 Å². The monoisotopic (exact) mass is 566 g/mol. The van der Waals surface area contributed by atoms with Gasteiger partial charge in [0.25, 0.3) is 5.78 Å². The molecule has 1 atom stereocenters. The number of esters is 1. The van der Waals surface area contributed by atoms with Gasteiger partial charge in [0, 0.05) is 11.1 Å². The standard InChI is InChI=1S/C29H30N2O8S/c1-6-15-39-18-13-11-17(12-14-18)23(32)21-22(19-9-8-10-20(36-4)25(19)37-5)31(27(34)24(21)33)29-30-16(3)26(40-29)28(35)38-7-2/h8-14,22,32H,6-7,15H2,1-5H3/b23-21+. The number of para-hydroxylation sites is 1. The van der Waals surface area contributed by atoms with Crippen molar-refractivity contribution in [1.29, 1.82) is 0 Å². The lowest BCUT2D eigenvalue weighted by atomic mass is 9.94. The smallest absolute Gasteiger partial charge is 0.350 e. The van der Waals surface area contributed by atoms with Crippen molar-refractivity contribution in [2.75, 3.05) is 32.3 Å². The molecule has 1 amide bonds. The maximum atomic E-state index is 13.6. The predicted molar refractivity (Wildman–Crippen MR) is 149 cm³/mol. The molecule has 0 saturated carbocycles. The number of aliphatic hydroxyl groups is 1. The van der Waals surface area contributed by atoms with E-state index in [9.17, 15) is 19.5 Å². The third kappa shape index (κ3) is 5.24. The zero-order chi connectivity index (χ0) is 29.0. The summed E-state index contributed by atoms with van der Waals surface area (Å²) in [5.41, 5.74) is 0.885. The van der Waals surface area contributed by atoms with Gasteiger partial charge >= 0.3 is 11.9 Å². The summed E-state index contributed by atoms with van der Waals surface area (Å²) < 4.78 is 21.8. The zero-order valence-corrected chi connectivity index (χ0v) is 23.7. The lowest BCUT2D eigenvalue weighted by Gasteiger charge is -2.25. The number of benzene rings is 2. The number of rotatable bonds is 10. The molecule has 0 bridgehead atoms. The van der Waals surface area contributed by atoms with Crippen LogP contribution in [0.3, 0.4) is 0 Å². The summed E-state index contributed by atoms with van der Waals surface area (Å²) in [4.78, 5) is 45.4. The van der Waals surface area contributed by atoms with Crippen LogP contribution in [0.1, 0.15) is 52.8 Å². The Bertz CT molecular complexity index is 1460. The summed E-state index contributed by atoms with van der Waals surface area (Å²) in [6, 6.07) is 10.5. The Morgan fingerprint density at radius 3 is 2.42 bits per heavy atom. The van der Waals surface area contributed by atoms with E-state index in [1.54, 1.807) is 56.3 Å². The number of carbonyl (C=O) groups is 3. The van der Waals surface area contributed by atoms with Crippen molar-refractivity contribution in [3.63, 3.8) is 0 Å². The Labute approximate surface area is 235 Å². The van der Waals surface area contributed by atoms with Gasteiger partial charge in [-0.05, 0) is 50.6 Å². The van der Waals surface area contributed by atoms with Crippen LogP contribution in [0.2, 0.25) is 0 Å². The molecular weight excluding hydrogens is 536 g/mol.